The van der Waals surface area contributed by atoms with Gasteiger partial charge in [0.15, 0.2) is 5.88 Å². The summed E-state index contributed by atoms with van der Waals surface area (Å²) in [7, 11) is 4.08. The largest absolute Gasteiger partial charge is 0.494 e. The maximum atomic E-state index is 9.87. The van der Waals surface area contributed by atoms with E-state index in [0.717, 1.165) is 36.0 Å². The van der Waals surface area contributed by atoms with Crippen molar-refractivity contribution in [1.82, 2.24) is 9.88 Å². The molecule has 0 fully saturated rings. The highest BCUT2D eigenvalue weighted by Gasteiger charge is 2.08. The lowest BCUT2D eigenvalue weighted by Gasteiger charge is -2.06. The van der Waals surface area contributed by atoms with E-state index in [1.54, 1.807) is 18.3 Å². The molecule has 0 saturated carbocycles. The van der Waals surface area contributed by atoms with Crippen molar-refractivity contribution in [3.8, 4) is 5.88 Å². The number of rotatable bonds is 5. The van der Waals surface area contributed by atoms with Crippen LogP contribution in [-0.2, 0) is 0 Å². The number of hydrogen-bond acceptors (Lipinski definition) is 3. The predicted molar refractivity (Wildman–Crippen MR) is 80.6 cm³/mol. The lowest BCUT2D eigenvalue weighted by atomic mass is 10.2. The first-order valence-electron chi connectivity index (χ1n) is 6.22. The number of benzene rings is 1. The third kappa shape index (κ3) is 3.49. The van der Waals surface area contributed by atoms with Crippen molar-refractivity contribution in [3.05, 3.63) is 28.8 Å². The van der Waals surface area contributed by atoms with Gasteiger partial charge in [0.05, 0.1) is 11.1 Å². The molecule has 0 atom stereocenters. The molecule has 0 amide bonds. The Morgan fingerprint density at radius 2 is 2.21 bits per heavy atom. The number of aromatic nitrogens is 1. The predicted octanol–water partition coefficient (Wildman–Crippen LogP) is 2.90. The van der Waals surface area contributed by atoms with Crippen molar-refractivity contribution in [3.63, 3.8) is 0 Å². The fraction of sp³-hybridized carbons (Fsp3) is 0.357. The highest BCUT2D eigenvalue weighted by Crippen LogP contribution is 2.27. The van der Waals surface area contributed by atoms with Crippen molar-refractivity contribution < 1.29 is 5.11 Å². The lowest BCUT2D eigenvalue weighted by Crippen LogP contribution is -2.13. The molecule has 4 nitrogen and oxygen atoms in total. The second kappa shape index (κ2) is 6.08. The average Bonchev–Trinajstić information content (AvgIpc) is 2.64. The zero-order chi connectivity index (χ0) is 13.8. The van der Waals surface area contributed by atoms with Gasteiger partial charge in [-0.15, -0.1) is 0 Å². The third-order valence-electron chi connectivity index (χ3n) is 2.89. The van der Waals surface area contributed by atoms with Gasteiger partial charge in [0, 0.05) is 23.2 Å². The summed E-state index contributed by atoms with van der Waals surface area (Å²) in [4.78, 5) is 9.38. The Morgan fingerprint density at radius 3 is 2.95 bits per heavy atom. The monoisotopic (exact) mass is 279 g/mol. The molecule has 1 aromatic heterocycles. The Hall–Kier alpha value is -1.52. The molecule has 0 unspecified atom stereocenters. The summed E-state index contributed by atoms with van der Waals surface area (Å²) in [6.07, 6.45) is 2.72. The van der Waals surface area contributed by atoms with E-state index < -0.39 is 0 Å². The summed E-state index contributed by atoms with van der Waals surface area (Å²) in [5.41, 5.74) is 1.54. The van der Waals surface area contributed by atoms with E-state index in [9.17, 15) is 5.11 Å². The summed E-state index contributed by atoms with van der Waals surface area (Å²) < 4.78 is 0. The Balaban J connectivity index is 2.12. The molecule has 2 rings (SSSR count). The van der Waals surface area contributed by atoms with Crippen molar-refractivity contribution >= 4 is 28.7 Å². The van der Waals surface area contributed by atoms with Crippen LogP contribution in [0, 0.1) is 0 Å². The maximum absolute atomic E-state index is 9.87. The van der Waals surface area contributed by atoms with Gasteiger partial charge in [-0.1, -0.05) is 17.7 Å². The molecule has 0 bridgehead atoms. The van der Waals surface area contributed by atoms with Gasteiger partial charge >= 0.3 is 0 Å². The van der Waals surface area contributed by atoms with Crippen LogP contribution < -0.4 is 0 Å². The molecule has 0 aliphatic heterocycles. The molecule has 1 aromatic carbocycles. The second-order valence-corrected chi connectivity index (χ2v) is 5.21. The summed E-state index contributed by atoms with van der Waals surface area (Å²) in [5, 5.41) is 11.4. The Morgan fingerprint density at radius 1 is 1.42 bits per heavy atom. The van der Waals surface area contributed by atoms with Crippen molar-refractivity contribution in [1.29, 1.82) is 0 Å². The van der Waals surface area contributed by atoms with Crippen LogP contribution in [0.4, 0.5) is 0 Å². The molecule has 5 heteroatoms. The van der Waals surface area contributed by atoms with E-state index in [-0.39, 0.29) is 5.88 Å². The molecule has 102 valence electrons. The Labute approximate surface area is 117 Å². The number of aromatic amines is 1. The van der Waals surface area contributed by atoms with Gasteiger partial charge in [-0.25, -0.2) is 0 Å². The summed E-state index contributed by atoms with van der Waals surface area (Å²) in [5.74, 6) is 0.133. The molecule has 0 radical (unpaired) electrons. The van der Waals surface area contributed by atoms with Gasteiger partial charge in [-0.2, -0.15) is 0 Å². The summed E-state index contributed by atoms with van der Waals surface area (Å²) in [6.45, 7) is 1.75. The molecule has 19 heavy (non-hydrogen) atoms. The highest BCUT2D eigenvalue weighted by molar-refractivity contribution is 6.31. The van der Waals surface area contributed by atoms with Gasteiger partial charge < -0.3 is 15.0 Å². The normalized spacial score (nSPS) is 12.0. The van der Waals surface area contributed by atoms with E-state index in [2.05, 4.69) is 14.9 Å². The number of nitrogens with one attached hydrogen (secondary N) is 1. The topological polar surface area (TPSA) is 51.6 Å². The van der Waals surface area contributed by atoms with E-state index in [1.807, 2.05) is 20.2 Å². The first kappa shape index (κ1) is 13.9. The maximum Gasteiger partial charge on any atom is 0.198 e. The number of aliphatic imine (C=N–C) groups is 1. The molecule has 0 aliphatic rings. The molecule has 0 aliphatic carbocycles. The third-order valence-corrected chi connectivity index (χ3v) is 3.13. The van der Waals surface area contributed by atoms with Crippen LogP contribution in [-0.4, -0.2) is 48.4 Å². The Kier molecular flexibility index (Phi) is 4.45. The minimum Gasteiger partial charge on any atom is -0.494 e. The van der Waals surface area contributed by atoms with E-state index >= 15 is 0 Å². The molecular weight excluding hydrogens is 262 g/mol. The van der Waals surface area contributed by atoms with Crippen LogP contribution in [0.1, 0.15) is 12.0 Å². The molecule has 2 aromatic rings. The molecule has 0 spiro atoms. The van der Waals surface area contributed by atoms with Crippen LogP contribution in [0.25, 0.3) is 10.9 Å². The first-order valence-corrected chi connectivity index (χ1v) is 6.60. The zero-order valence-corrected chi connectivity index (χ0v) is 11.9. The van der Waals surface area contributed by atoms with Crippen molar-refractivity contribution in [2.24, 2.45) is 4.99 Å². The number of nitrogens with zero attached hydrogens (tertiary/aromatic N) is 2. The first-order chi connectivity index (χ1) is 9.08. The minimum atomic E-state index is 0.133. The van der Waals surface area contributed by atoms with E-state index in [0.29, 0.717) is 5.02 Å². The summed E-state index contributed by atoms with van der Waals surface area (Å²) in [6, 6.07) is 5.48. The average molecular weight is 280 g/mol. The van der Waals surface area contributed by atoms with Gasteiger partial charge in [-0.05, 0) is 39.2 Å². The minimum absolute atomic E-state index is 0.133. The highest BCUT2D eigenvalue weighted by atomic mass is 35.5. The van der Waals surface area contributed by atoms with Gasteiger partial charge in [0.1, 0.15) is 0 Å². The fourth-order valence-corrected chi connectivity index (χ4v) is 2.11. The van der Waals surface area contributed by atoms with Crippen LogP contribution in [0.3, 0.4) is 0 Å². The van der Waals surface area contributed by atoms with Gasteiger partial charge in [0.25, 0.3) is 0 Å². The molecule has 1 heterocycles. The van der Waals surface area contributed by atoms with Crippen LogP contribution in [0.15, 0.2) is 23.2 Å². The van der Waals surface area contributed by atoms with E-state index in [1.165, 1.54) is 0 Å². The van der Waals surface area contributed by atoms with Crippen molar-refractivity contribution in [2.75, 3.05) is 27.2 Å². The lowest BCUT2D eigenvalue weighted by molar-refractivity contribution is 0.403. The van der Waals surface area contributed by atoms with Crippen LogP contribution in [0.5, 0.6) is 5.88 Å². The van der Waals surface area contributed by atoms with E-state index in [4.69, 9.17) is 11.6 Å². The fourth-order valence-electron chi connectivity index (χ4n) is 1.94. The molecular formula is C14H18ClN3O. The second-order valence-electron chi connectivity index (χ2n) is 4.77. The SMILES string of the molecule is CN(C)CCCN=Cc1c(O)[nH]c2cc(Cl)ccc12. The number of hydrogen-bond donors (Lipinski definition) is 2. The molecule has 0 saturated heterocycles. The van der Waals surface area contributed by atoms with Crippen LogP contribution in [0.2, 0.25) is 5.02 Å². The quantitative estimate of drug-likeness (QED) is 0.653. The number of aromatic hydroxyl groups is 1. The Bertz CT molecular complexity index is 590. The smallest absolute Gasteiger partial charge is 0.198 e. The van der Waals surface area contributed by atoms with Crippen LogP contribution >= 0.6 is 11.6 Å². The molecule has 2 N–H and O–H groups in total. The van der Waals surface area contributed by atoms with Crippen molar-refractivity contribution in [2.45, 2.75) is 6.42 Å². The standard InChI is InChI=1S/C14H18ClN3O/c1-18(2)7-3-6-16-9-12-11-5-4-10(15)8-13(11)17-14(12)19/h4-5,8-9,17,19H,3,6-7H2,1-2H3. The number of H-pyrrole nitrogens is 1. The zero-order valence-electron chi connectivity index (χ0n) is 11.2. The number of fused-ring (bicyclic) bond motifs is 1. The van der Waals surface area contributed by atoms with Gasteiger partial charge in [-0.3, -0.25) is 4.99 Å². The summed E-state index contributed by atoms with van der Waals surface area (Å²) >= 11 is 5.92. The number of halogens is 1. The van der Waals surface area contributed by atoms with Gasteiger partial charge in [0.2, 0.25) is 0 Å².